The van der Waals surface area contributed by atoms with Gasteiger partial charge in [-0.3, -0.25) is 0 Å². The average Bonchev–Trinajstić information content (AvgIpc) is 2.50. The summed E-state index contributed by atoms with van der Waals surface area (Å²) in [6, 6.07) is 9.94. The van der Waals surface area contributed by atoms with E-state index in [0.717, 1.165) is 5.56 Å². The average molecular weight is 355 g/mol. The molecule has 1 unspecified atom stereocenters. The zero-order valence-electron chi connectivity index (χ0n) is 11.8. The molecule has 3 nitrogen and oxygen atoms in total. The van der Waals surface area contributed by atoms with Gasteiger partial charge in [-0.05, 0) is 51.3 Å². The predicted molar refractivity (Wildman–Crippen MR) is 82.3 cm³/mol. The van der Waals surface area contributed by atoms with Crippen molar-refractivity contribution in [3.63, 3.8) is 0 Å². The number of rotatable bonds is 5. The van der Waals surface area contributed by atoms with E-state index in [9.17, 15) is 9.50 Å². The van der Waals surface area contributed by atoms with Crippen molar-refractivity contribution in [1.29, 1.82) is 0 Å². The van der Waals surface area contributed by atoms with E-state index >= 15 is 0 Å². The predicted octanol–water partition coefficient (Wildman–Crippen LogP) is 3.88. The van der Waals surface area contributed by atoms with Crippen LogP contribution in [0.2, 0.25) is 0 Å². The topological polar surface area (TPSA) is 38.7 Å². The van der Waals surface area contributed by atoms with Gasteiger partial charge in [-0.25, -0.2) is 4.39 Å². The summed E-state index contributed by atoms with van der Waals surface area (Å²) in [6.45, 7) is 0. The lowest BCUT2D eigenvalue weighted by molar-refractivity contribution is 0.177. The van der Waals surface area contributed by atoms with Crippen LogP contribution in [0, 0.1) is 5.82 Å². The minimum atomic E-state index is -0.730. The summed E-state index contributed by atoms with van der Waals surface area (Å²) in [5.41, 5.74) is 1.52. The van der Waals surface area contributed by atoms with Gasteiger partial charge in [0.1, 0.15) is 17.3 Å². The molecule has 1 atom stereocenters. The zero-order valence-corrected chi connectivity index (χ0v) is 13.4. The van der Waals surface area contributed by atoms with Gasteiger partial charge in [0.15, 0.2) is 0 Å². The molecule has 21 heavy (non-hydrogen) atoms. The molecule has 5 heteroatoms. The van der Waals surface area contributed by atoms with Crippen molar-refractivity contribution in [2.75, 3.05) is 14.2 Å². The first-order valence-electron chi connectivity index (χ1n) is 6.38. The van der Waals surface area contributed by atoms with E-state index in [1.807, 2.05) is 0 Å². The number of ether oxygens (including phenoxy) is 2. The Labute approximate surface area is 131 Å². The first kappa shape index (κ1) is 15.8. The molecule has 112 valence electrons. The van der Waals surface area contributed by atoms with Gasteiger partial charge in [0, 0.05) is 12.5 Å². The highest BCUT2D eigenvalue weighted by atomic mass is 79.9. The van der Waals surface area contributed by atoms with Crippen LogP contribution in [0.4, 0.5) is 4.39 Å². The van der Waals surface area contributed by atoms with Crippen LogP contribution in [0.5, 0.6) is 11.5 Å². The van der Waals surface area contributed by atoms with Gasteiger partial charge in [0.2, 0.25) is 0 Å². The van der Waals surface area contributed by atoms with E-state index in [1.165, 1.54) is 6.07 Å². The number of benzene rings is 2. The van der Waals surface area contributed by atoms with E-state index in [2.05, 4.69) is 15.9 Å². The van der Waals surface area contributed by atoms with Crippen molar-refractivity contribution in [2.24, 2.45) is 0 Å². The Morgan fingerprint density at radius 2 is 1.71 bits per heavy atom. The number of hydrogen-bond donors (Lipinski definition) is 1. The molecular formula is C16H16BrFO3. The zero-order chi connectivity index (χ0) is 15.4. The number of methoxy groups -OCH3 is 2. The third-order valence-corrected chi connectivity index (χ3v) is 3.78. The van der Waals surface area contributed by atoms with Crippen molar-refractivity contribution < 1.29 is 19.0 Å². The fraction of sp³-hybridized carbons (Fsp3) is 0.250. The molecule has 2 aromatic carbocycles. The van der Waals surface area contributed by atoms with Crippen LogP contribution in [-0.4, -0.2) is 19.3 Å². The van der Waals surface area contributed by atoms with E-state index in [-0.39, 0.29) is 5.82 Å². The molecule has 0 heterocycles. The van der Waals surface area contributed by atoms with Crippen LogP contribution in [0.25, 0.3) is 0 Å². The van der Waals surface area contributed by atoms with Gasteiger partial charge in [-0.2, -0.15) is 0 Å². The molecule has 0 saturated heterocycles. The number of hydrogen-bond acceptors (Lipinski definition) is 3. The third kappa shape index (κ3) is 3.95. The van der Waals surface area contributed by atoms with Gasteiger partial charge in [0.05, 0.1) is 24.8 Å². The van der Waals surface area contributed by atoms with Crippen LogP contribution < -0.4 is 9.47 Å². The number of aliphatic hydroxyl groups excluding tert-OH is 1. The summed E-state index contributed by atoms with van der Waals surface area (Å²) < 4.78 is 24.0. The summed E-state index contributed by atoms with van der Waals surface area (Å²) in [5.74, 6) is 0.906. The first-order chi connectivity index (χ1) is 10.0. The van der Waals surface area contributed by atoms with Gasteiger partial charge in [-0.15, -0.1) is 0 Å². The second kappa shape index (κ2) is 6.91. The molecule has 0 radical (unpaired) electrons. The van der Waals surface area contributed by atoms with Crippen LogP contribution >= 0.6 is 15.9 Å². The SMILES string of the molecule is COc1cc(OC)cc(C(O)Cc2ccc(F)c(Br)c2)c1. The van der Waals surface area contributed by atoms with Crippen LogP contribution in [0.1, 0.15) is 17.2 Å². The summed E-state index contributed by atoms with van der Waals surface area (Å²) in [5, 5.41) is 10.4. The highest BCUT2D eigenvalue weighted by Gasteiger charge is 2.13. The molecule has 0 aliphatic carbocycles. The second-order valence-electron chi connectivity index (χ2n) is 4.61. The van der Waals surface area contributed by atoms with Crippen molar-refractivity contribution in [3.05, 3.63) is 57.8 Å². The Morgan fingerprint density at radius 3 is 2.24 bits per heavy atom. The largest absolute Gasteiger partial charge is 0.497 e. The molecule has 0 aromatic heterocycles. The summed E-state index contributed by atoms with van der Waals surface area (Å²) >= 11 is 3.14. The van der Waals surface area contributed by atoms with Crippen LogP contribution in [0.15, 0.2) is 40.9 Å². The van der Waals surface area contributed by atoms with Crippen molar-refractivity contribution >= 4 is 15.9 Å². The Balaban J connectivity index is 2.22. The Kier molecular flexibility index (Phi) is 5.20. The molecule has 2 rings (SSSR count). The fourth-order valence-corrected chi connectivity index (χ4v) is 2.46. The quantitative estimate of drug-likeness (QED) is 0.885. The fourth-order valence-electron chi connectivity index (χ4n) is 2.03. The Hall–Kier alpha value is -1.59. The normalized spacial score (nSPS) is 12.0. The van der Waals surface area contributed by atoms with Crippen molar-refractivity contribution in [1.82, 2.24) is 0 Å². The lowest BCUT2D eigenvalue weighted by Crippen LogP contribution is -2.03. The van der Waals surface area contributed by atoms with Crippen LogP contribution in [-0.2, 0) is 6.42 Å². The highest BCUT2D eigenvalue weighted by Crippen LogP contribution is 2.29. The van der Waals surface area contributed by atoms with Gasteiger partial charge in [-0.1, -0.05) is 6.07 Å². The summed E-state index contributed by atoms with van der Waals surface area (Å²) in [4.78, 5) is 0. The number of halogens is 2. The Morgan fingerprint density at radius 1 is 1.10 bits per heavy atom. The van der Waals surface area contributed by atoms with Crippen LogP contribution in [0.3, 0.4) is 0 Å². The molecule has 2 aromatic rings. The molecule has 0 spiro atoms. The maximum absolute atomic E-state index is 13.2. The van der Waals surface area contributed by atoms with E-state index < -0.39 is 6.10 Å². The summed E-state index contributed by atoms with van der Waals surface area (Å²) in [7, 11) is 3.12. The second-order valence-corrected chi connectivity index (χ2v) is 5.47. The molecule has 0 amide bonds. The molecule has 0 fully saturated rings. The van der Waals surface area contributed by atoms with Gasteiger partial charge < -0.3 is 14.6 Å². The maximum atomic E-state index is 13.2. The molecule has 0 aliphatic rings. The molecular weight excluding hydrogens is 339 g/mol. The van der Waals surface area contributed by atoms with Gasteiger partial charge >= 0.3 is 0 Å². The molecule has 1 N–H and O–H groups in total. The lowest BCUT2D eigenvalue weighted by atomic mass is 10.0. The standard InChI is InChI=1S/C16H16BrFO3/c1-20-12-7-11(8-13(9-12)21-2)16(19)6-10-3-4-15(18)14(17)5-10/h3-5,7-9,16,19H,6H2,1-2H3. The molecule has 0 saturated carbocycles. The third-order valence-electron chi connectivity index (χ3n) is 3.17. The number of aliphatic hydroxyl groups is 1. The Bertz CT molecular complexity index is 609. The van der Waals surface area contributed by atoms with Gasteiger partial charge in [0.25, 0.3) is 0 Å². The summed E-state index contributed by atoms with van der Waals surface area (Å²) in [6.07, 6.45) is -0.360. The monoisotopic (exact) mass is 354 g/mol. The van der Waals surface area contributed by atoms with E-state index in [1.54, 1.807) is 44.6 Å². The molecule has 0 aliphatic heterocycles. The van der Waals surface area contributed by atoms with Crippen molar-refractivity contribution in [3.8, 4) is 11.5 Å². The lowest BCUT2D eigenvalue weighted by Gasteiger charge is -2.14. The smallest absolute Gasteiger partial charge is 0.137 e. The van der Waals surface area contributed by atoms with E-state index in [0.29, 0.717) is 28.0 Å². The first-order valence-corrected chi connectivity index (χ1v) is 7.17. The minimum Gasteiger partial charge on any atom is -0.497 e. The van der Waals surface area contributed by atoms with E-state index in [4.69, 9.17) is 9.47 Å². The highest BCUT2D eigenvalue weighted by molar-refractivity contribution is 9.10. The minimum absolute atomic E-state index is 0.323. The molecule has 0 bridgehead atoms. The maximum Gasteiger partial charge on any atom is 0.137 e. The van der Waals surface area contributed by atoms with Crippen molar-refractivity contribution in [2.45, 2.75) is 12.5 Å².